The third-order valence-corrected chi connectivity index (χ3v) is 1.37. The number of nitrogens with two attached hydrogens (primary N) is 1. The van der Waals surface area contributed by atoms with E-state index in [1.165, 1.54) is 0 Å². The number of aromatic nitrogens is 2. The van der Waals surface area contributed by atoms with Crippen molar-refractivity contribution < 1.29 is 0 Å². The first-order valence-corrected chi connectivity index (χ1v) is 3.84. The molecular weight excluding hydrogens is 152 g/mol. The maximum atomic E-state index is 5.63. The van der Waals surface area contributed by atoms with Gasteiger partial charge in [0, 0.05) is 12.7 Å². The van der Waals surface area contributed by atoms with Crippen LogP contribution in [0.3, 0.4) is 0 Å². The SMILES string of the molecule is CCN=C(N)c1ccnc(C)n1. The van der Waals surface area contributed by atoms with E-state index in [4.69, 9.17) is 5.73 Å². The van der Waals surface area contributed by atoms with Gasteiger partial charge in [0.1, 0.15) is 17.4 Å². The van der Waals surface area contributed by atoms with Crippen molar-refractivity contribution >= 4 is 5.84 Å². The fraction of sp³-hybridized carbons (Fsp3) is 0.375. The normalized spacial score (nSPS) is 11.7. The Balaban J connectivity index is 2.95. The van der Waals surface area contributed by atoms with Crippen LogP contribution in [0.1, 0.15) is 18.4 Å². The molecule has 4 heteroatoms. The minimum Gasteiger partial charge on any atom is -0.382 e. The molecule has 0 bridgehead atoms. The van der Waals surface area contributed by atoms with Crippen molar-refractivity contribution in [3.05, 3.63) is 23.8 Å². The summed E-state index contributed by atoms with van der Waals surface area (Å²) in [6, 6.07) is 1.75. The Bertz CT molecular complexity index is 293. The third kappa shape index (κ3) is 2.02. The molecule has 1 aromatic heterocycles. The number of aryl methyl sites for hydroxylation is 1. The van der Waals surface area contributed by atoms with Gasteiger partial charge in [-0.3, -0.25) is 4.99 Å². The maximum Gasteiger partial charge on any atom is 0.144 e. The summed E-state index contributed by atoms with van der Waals surface area (Å²) >= 11 is 0. The molecule has 0 saturated heterocycles. The van der Waals surface area contributed by atoms with E-state index in [-0.39, 0.29) is 0 Å². The molecule has 1 aromatic rings. The Morgan fingerprint density at radius 2 is 2.42 bits per heavy atom. The van der Waals surface area contributed by atoms with Gasteiger partial charge >= 0.3 is 0 Å². The molecule has 64 valence electrons. The Morgan fingerprint density at radius 3 is 3.00 bits per heavy atom. The number of hydrogen-bond acceptors (Lipinski definition) is 3. The molecule has 0 aliphatic heterocycles. The Labute approximate surface area is 71.6 Å². The van der Waals surface area contributed by atoms with Crippen LogP contribution in [0.2, 0.25) is 0 Å². The van der Waals surface area contributed by atoms with Crippen LogP contribution in [-0.2, 0) is 0 Å². The van der Waals surface area contributed by atoms with Gasteiger partial charge < -0.3 is 5.73 Å². The monoisotopic (exact) mass is 164 g/mol. The van der Waals surface area contributed by atoms with Gasteiger partial charge in [-0.05, 0) is 19.9 Å². The average molecular weight is 164 g/mol. The van der Waals surface area contributed by atoms with Crippen molar-refractivity contribution in [2.24, 2.45) is 10.7 Å². The fourth-order valence-electron chi connectivity index (χ4n) is 0.850. The van der Waals surface area contributed by atoms with Crippen molar-refractivity contribution in [2.75, 3.05) is 6.54 Å². The van der Waals surface area contributed by atoms with E-state index in [1.807, 2.05) is 13.8 Å². The summed E-state index contributed by atoms with van der Waals surface area (Å²) in [4.78, 5) is 12.1. The molecule has 0 unspecified atom stereocenters. The van der Waals surface area contributed by atoms with E-state index < -0.39 is 0 Å². The molecule has 1 heterocycles. The highest BCUT2D eigenvalue weighted by Gasteiger charge is 1.98. The zero-order valence-electron chi connectivity index (χ0n) is 7.28. The molecule has 0 radical (unpaired) electrons. The van der Waals surface area contributed by atoms with Crippen LogP contribution in [-0.4, -0.2) is 22.3 Å². The van der Waals surface area contributed by atoms with Gasteiger partial charge in [0.05, 0.1) is 0 Å². The lowest BCUT2D eigenvalue weighted by Gasteiger charge is -1.98. The van der Waals surface area contributed by atoms with Crippen LogP contribution in [0.15, 0.2) is 17.3 Å². The molecular formula is C8H12N4. The van der Waals surface area contributed by atoms with E-state index >= 15 is 0 Å². The lowest BCUT2D eigenvalue weighted by Crippen LogP contribution is -2.16. The number of hydrogen-bond donors (Lipinski definition) is 1. The van der Waals surface area contributed by atoms with Crippen molar-refractivity contribution in [1.82, 2.24) is 9.97 Å². The Morgan fingerprint density at radius 1 is 1.67 bits per heavy atom. The molecule has 1 rings (SSSR count). The van der Waals surface area contributed by atoms with Gasteiger partial charge in [-0.15, -0.1) is 0 Å². The molecule has 0 aromatic carbocycles. The van der Waals surface area contributed by atoms with Gasteiger partial charge in [-0.25, -0.2) is 9.97 Å². The highest BCUT2D eigenvalue weighted by atomic mass is 14.9. The predicted molar refractivity (Wildman–Crippen MR) is 48.0 cm³/mol. The summed E-state index contributed by atoms with van der Waals surface area (Å²) < 4.78 is 0. The second-order valence-electron chi connectivity index (χ2n) is 2.35. The number of nitrogens with zero attached hydrogens (tertiary/aromatic N) is 3. The summed E-state index contributed by atoms with van der Waals surface area (Å²) in [6.07, 6.45) is 1.68. The first-order chi connectivity index (χ1) is 5.74. The lowest BCUT2D eigenvalue weighted by molar-refractivity contribution is 1.03. The fourth-order valence-corrected chi connectivity index (χ4v) is 0.850. The Kier molecular flexibility index (Phi) is 2.74. The Hall–Kier alpha value is -1.45. The van der Waals surface area contributed by atoms with Crippen molar-refractivity contribution in [3.63, 3.8) is 0 Å². The molecule has 0 spiro atoms. The lowest BCUT2D eigenvalue weighted by atomic mass is 10.4. The topological polar surface area (TPSA) is 64.2 Å². The van der Waals surface area contributed by atoms with Crippen molar-refractivity contribution in [2.45, 2.75) is 13.8 Å². The minimum absolute atomic E-state index is 0.475. The molecule has 0 atom stereocenters. The molecule has 2 N–H and O–H groups in total. The number of aliphatic imine (C=N–C) groups is 1. The smallest absolute Gasteiger partial charge is 0.144 e. The molecule has 12 heavy (non-hydrogen) atoms. The second kappa shape index (κ2) is 3.80. The van der Waals surface area contributed by atoms with E-state index in [9.17, 15) is 0 Å². The zero-order valence-corrected chi connectivity index (χ0v) is 7.28. The molecule has 0 aliphatic rings. The van der Waals surface area contributed by atoms with E-state index in [1.54, 1.807) is 12.3 Å². The summed E-state index contributed by atoms with van der Waals surface area (Å²) in [5, 5.41) is 0. The summed E-state index contributed by atoms with van der Waals surface area (Å²) in [7, 11) is 0. The van der Waals surface area contributed by atoms with Crippen LogP contribution < -0.4 is 5.73 Å². The quantitative estimate of drug-likeness (QED) is 0.511. The van der Waals surface area contributed by atoms with Crippen molar-refractivity contribution in [1.29, 1.82) is 0 Å². The molecule has 4 nitrogen and oxygen atoms in total. The van der Waals surface area contributed by atoms with Crippen LogP contribution in [0.5, 0.6) is 0 Å². The molecule has 0 saturated carbocycles. The van der Waals surface area contributed by atoms with Crippen LogP contribution >= 0.6 is 0 Å². The number of amidine groups is 1. The highest BCUT2D eigenvalue weighted by Crippen LogP contribution is 1.93. The van der Waals surface area contributed by atoms with Gasteiger partial charge in [-0.1, -0.05) is 0 Å². The van der Waals surface area contributed by atoms with E-state index in [0.29, 0.717) is 23.9 Å². The predicted octanol–water partition coefficient (Wildman–Crippen LogP) is 0.510. The third-order valence-electron chi connectivity index (χ3n) is 1.37. The first-order valence-electron chi connectivity index (χ1n) is 3.84. The standard InChI is InChI=1S/C8H12N4/c1-3-10-8(9)7-4-5-11-6(2)12-7/h4-5H,3H2,1-2H3,(H2,9,10). The van der Waals surface area contributed by atoms with E-state index in [2.05, 4.69) is 15.0 Å². The van der Waals surface area contributed by atoms with Crippen molar-refractivity contribution in [3.8, 4) is 0 Å². The minimum atomic E-state index is 0.475. The molecule has 0 amide bonds. The first kappa shape index (κ1) is 8.64. The maximum absolute atomic E-state index is 5.63. The number of rotatable bonds is 2. The van der Waals surface area contributed by atoms with E-state index in [0.717, 1.165) is 0 Å². The summed E-state index contributed by atoms with van der Waals surface area (Å²) in [5.74, 6) is 1.18. The highest BCUT2D eigenvalue weighted by molar-refractivity contribution is 5.95. The summed E-state index contributed by atoms with van der Waals surface area (Å²) in [6.45, 7) is 4.43. The van der Waals surface area contributed by atoms with Gasteiger partial charge in [0.15, 0.2) is 0 Å². The molecule has 0 aliphatic carbocycles. The second-order valence-corrected chi connectivity index (χ2v) is 2.35. The largest absolute Gasteiger partial charge is 0.382 e. The van der Waals surface area contributed by atoms with Crippen LogP contribution in [0.25, 0.3) is 0 Å². The summed E-state index contributed by atoms with van der Waals surface area (Å²) in [5.41, 5.74) is 6.33. The zero-order chi connectivity index (χ0) is 8.97. The van der Waals surface area contributed by atoms with Gasteiger partial charge in [-0.2, -0.15) is 0 Å². The average Bonchev–Trinajstić information content (AvgIpc) is 2.05. The van der Waals surface area contributed by atoms with Gasteiger partial charge in [0.2, 0.25) is 0 Å². The molecule has 0 fully saturated rings. The van der Waals surface area contributed by atoms with Crippen LogP contribution in [0, 0.1) is 6.92 Å². The van der Waals surface area contributed by atoms with Crippen LogP contribution in [0.4, 0.5) is 0 Å². The van der Waals surface area contributed by atoms with Gasteiger partial charge in [0.25, 0.3) is 0 Å².